The first kappa shape index (κ1) is 10.9. The minimum absolute atomic E-state index is 0.306. The Morgan fingerprint density at radius 1 is 1.53 bits per heavy atom. The molecule has 1 aliphatic heterocycles. The number of hydrogen-bond acceptors (Lipinski definition) is 2. The number of nitrogens with one attached hydrogen (secondary N) is 1. The molecule has 15 heavy (non-hydrogen) atoms. The van der Waals surface area contributed by atoms with Crippen molar-refractivity contribution in [3.05, 3.63) is 34.6 Å². The third kappa shape index (κ3) is 2.48. The molecule has 1 heterocycles. The minimum Gasteiger partial charge on any atom is -0.388 e. The minimum atomic E-state index is -0.828. The second-order valence-corrected chi connectivity index (χ2v) is 4.50. The lowest BCUT2D eigenvalue weighted by Gasteiger charge is -2.21. The van der Waals surface area contributed by atoms with E-state index in [1.54, 1.807) is 6.07 Å². The molecule has 2 rings (SSSR count). The number of halogens is 2. The molecule has 0 saturated carbocycles. The predicted molar refractivity (Wildman–Crippen MR) is 57.6 cm³/mol. The fourth-order valence-corrected chi connectivity index (χ4v) is 2.11. The van der Waals surface area contributed by atoms with E-state index in [0.29, 0.717) is 30.0 Å². The molecule has 1 unspecified atom stereocenters. The van der Waals surface area contributed by atoms with Crippen molar-refractivity contribution in [1.82, 2.24) is 5.32 Å². The highest BCUT2D eigenvalue weighted by molar-refractivity contribution is 6.30. The Labute approximate surface area is 93.1 Å². The van der Waals surface area contributed by atoms with Crippen LogP contribution in [0.5, 0.6) is 0 Å². The number of benzene rings is 1. The summed E-state index contributed by atoms with van der Waals surface area (Å²) in [4.78, 5) is 0. The molecule has 4 heteroatoms. The average Bonchev–Trinajstić information content (AvgIpc) is 2.59. The van der Waals surface area contributed by atoms with Crippen molar-refractivity contribution in [2.75, 3.05) is 13.1 Å². The molecule has 1 aliphatic rings. The number of rotatable bonds is 2. The lowest BCUT2D eigenvalue weighted by Crippen LogP contribution is -2.34. The summed E-state index contributed by atoms with van der Waals surface area (Å²) in [5.74, 6) is -0.306. The van der Waals surface area contributed by atoms with Crippen molar-refractivity contribution in [1.29, 1.82) is 0 Å². The molecule has 0 aliphatic carbocycles. The lowest BCUT2D eigenvalue weighted by molar-refractivity contribution is 0.0610. The van der Waals surface area contributed by atoms with Crippen LogP contribution in [0, 0.1) is 5.82 Å². The standard InChI is InChI=1S/C11H13ClFNO/c12-9-1-2-10(13)8(5-9)6-11(15)3-4-14-7-11/h1-2,5,14-15H,3-4,6-7H2. The van der Waals surface area contributed by atoms with Gasteiger partial charge in [0, 0.05) is 18.0 Å². The normalized spacial score (nSPS) is 25.8. The molecule has 1 fully saturated rings. The lowest BCUT2D eigenvalue weighted by atomic mass is 9.93. The van der Waals surface area contributed by atoms with Crippen molar-refractivity contribution >= 4 is 11.6 Å². The second-order valence-electron chi connectivity index (χ2n) is 4.06. The molecular formula is C11H13ClFNO. The summed E-state index contributed by atoms with van der Waals surface area (Å²) in [6, 6.07) is 4.42. The van der Waals surface area contributed by atoms with Crippen LogP contribution in [0.2, 0.25) is 5.02 Å². The third-order valence-corrected chi connectivity index (χ3v) is 2.98. The van der Waals surface area contributed by atoms with Gasteiger partial charge in [0.05, 0.1) is 5.60 Å². The zero-order valence-electron chi connectivity index (χ0n) is 8.26. The first-order valence-electron chi connectivity index (χ1n) is 4.96. The molecular weight excluding hydrogens is 217 g/mol. The zero-order valence-corrected chi connectivity index (χ0v) is 9.02. The average molecular weight is 230 g/mol. The highest BCUT2D eigenvalue weighted by Gasteiger charge is 2.31. The van der Waals surface area contributed by atoms with Crippen LogP contribution in [0.3, 0.4) is 0 Å². The Bertz CT molecular complexity index is 364. The quantitative estimate of drug-likeness (QED) is 0.810. The van der Waals surface area contributed by atoms with E-state index in [-0.39, 0.29) is 5.82 Å². The van der Waals surface area contributed by atoms with Gasteiger partial charge in [-0.1, -0.05) is 11.6 Å². The van der Waals surface area contributed by atoms with Crippen molar-refractivity contribution < 1.29 is 9.50 Å². The molecule has 0 amide bonds. The van der Waals surface area contributed by atoms with Crippen LogP contribution in [0.25, 0.3) is 0 Å². The molecule has 2 N–H and O–H groups in total. The molecule has 0 bridgehead atoms. The van der Waals surface area contributed by atoms with Gasteiger partial charge < -0.3 is 10.4 Å². The predicted octanol–water partition coefficient (Wildman–Crippen LogP) is 1.75. The number of β-amino-alcohol motifs (C(OH)–C–C–N with tert-alkyl or cyclic N) is 1. The van der Waals surface area contributed by atoms with Crippen LogP contribution in [-0.2, 0) is 6.42 Å². The fraction of sp³-hybridized carbons (Fsp3) is 0.455. The van der Waals surface area contributed by atoms with Crippen LogP contribution in [0.15, 0.2) is 18.2 Å². The van der Waals surface area contributed by atoms with Crippen LogP contribution < -0.4 is 5.32 Å². The van der Waals surface area contributed by atoms with Crippen LogP contribution in [-0.4, -0.2) is 23.8 Å². The topological polar surface area (TPSA) is 32.3 Å². The maximum absolute atomic E-state index is 13.4. The first-order chi connectivity index (χ1) is 7.09. The van der Waals surface area contributed by atoms with Crippen molar-refractivity contribution in [2.24, 2.45) is 0 Å². The van der Waals surface area contributed by atoms with Gasteiger partial charge in [-0.2, -0.15) is 0 Å². The van der Waals surface area contributed by atoms with E-state index in [4.69, 9.17) is 11.6 Å². The maximum Gasteiger partial charge on any atom is 0.126 e. The monoisotopic (exact) mass is 229 g/mol. The van der Waals surface area contributed by atoms with Crippen LogP contribution in [0.4, 0.5) is 4.39 Å². The molecule has 2 nitrogen and oxygen atoms in total. The van der Waals surface area contributed by atoms with Crippen molar-refractivity contribution in [2.45, 2.75) is 18.4 Å². The van der Waals surface area contributed by atoms with Gasteiger partial charge in [0.15, 0.2) is 0 Å². The number of hydrogen-bond donors (Lipinski definition) is 2. The van der Waals surface area contributed by atoms with E-state index in [2.05, 4.69) is 5.32 Å². The summed E-state index contributed by atoms with van der Waals surface area (Å²) in [7, 11) is 0. The summed E-state index contributed by atoms with van der Waals surface area (Å²) >= 11 is 5.78. The van der Waals surface area contributed by atoms with E-state index in [0.717, 1.165) is 6.54 Å². The molecule has 1 aromatic carbocycles. The molecule has 0 radical (unpaired) electrons. The van der Waals surface area contributed by atoms with Gasteiger partial charge >= 0.3 is 0 Å². The number of aliphatic hydroxyl groups is 1. The Morgan fingerprint density at radius 3 is 3.00 bits per heavy atom. The molecule has 1 atom stereocenters. The summed E-state index contributed by atoms with van der Waals surface area (Å²) < 4.78 is 13.4. The zero-order chi connectivity index (χ0) is 10.9. The summed E-state index contributed by atoms with van der Waals surface area (Å²) in [6.45, 7) is 1.29. The highest BCUT2D eigenvalue weighted by Crippen LogP contribution is 2.24. The fourth-order valence-electron chi connectivity index (χ4n) is 1.91. The van der Waals surface area contributed by atoms with Gasteiger partial charge in [0.1, 0.15) is 5.82 Å². The smallest absolute Gasteiger partial charge is 0.126 e. The maximum atomic E-state index is 13.4. The third-order valence-electron chi connectivity index (χ3n) is 2.75. The second kappa shape index (κ2) is 4.08. The highest BCUT2D eigenvalue weighted by atomic mass is 35.5. The van der Waals surface area contributed by atoms with Crippen molar-refractivity contribution in [3.63, 3.8) is 0 Å². The first-order valence-corrected chi connectivity index (χ1v) is 5.34. The van der Waals surface area contributed by atoms with Gasteiger partial charge in [0.2, 0.25) is 0 Å². The Kier molecular flexibility index (Phi) is 2.96. The van der Waals surface area contributed by atoms with E-state index in [1.165, 1.54) is 12.1 Å². The molecule has 1 aromatic rings. The summed E-state index contributed by atoms with van der Waals surface area (Å²) in [5, 5.41) is 13.7. The van der Waals surface area contributed by atoms with Gasteiger partial charge in [-0.25, -0.2) is 4.39 Å². The summed E-state index contributed by atoms with van der Waals surface area (Å²) in [5.41, 5.74) is -0.348. The Hall–Kier alpha value is -0.640. The van der Waals surface area contributed by atoms with Gasteiger partial charge in [0.25, 0.3) is 0 Å². The molecule has 0 aromatic heterocycles. The molecule has 1 saturated heterocycles. The van der Waals surface area contributed by atoms with E-state index >= 15 is 0 Å². The van der Waals surface area contributed by atoms with Gasteiger partial charge in [-0.3, -0.25) is 0 Å². The van der Waals surface area contributed by atoms with Gasteiger partial charge in [-0.15, -0.1) is 0 Å². The van der Waals surface area contributed by atoms with E-state index in [1.807, 2.05) is 0 Å². The van der Waals surface area contributed by atoms with E-state index < -0.39 is 5.60 Å². The van der Waals surface area contributed by atoms with Crippen molar-refractivity contribution in [3.8, 4) is 0 Å². The summed E-state index contributed by atoms with van der Waals surface area (Å²) in [6.07, 6.45) is 0.964. The molecule has 0 spiro atoms. The van der Waals surface area contributed by atoms with Gasteiger partial charge in [-0.05, 0) is 36.7 Å². The van der Waals surface area contributed by atoms with Crippen LogP contribution in [0.1, 0.15) is 12.0 Å². The van der Waals surface area contributed by atoms with Crippen LogP contribution >= 0.6 is 11.6 Å². The van der Waals surface area contributed by atoms with E-state index in [9.17, 15) is 9.50 Å². The molecule has 82 valence electrons. The largest absolute Gasteiger partial charge is 0.388 e. The Morgan fingerprint density at radius 2 is 2.33 bits per heavy atom. The SMILES string of the molecule is OC1(Cc2cc(Cl)ccc2F)CCNC1. The Balaban J connectivity index is 2.19.